The standard InChI is InChI=1S/C10H13Cl3Si2/c11-15(12,13)9-5-4-8-14-10-6-2-1-3-7-10/h1-3,6-7H,4-5,8-9H2. The zero-order valence-corrected chi connectivity index (χ0v) is 12.6. The molecule has 0 bridgehead atoms. The number of halogens is 3. The second-order valence-corrected chi connectivity index (χ2v) is 14.1. The van der Waals surface area contributed by atoms with Crippen molar-refractivity contribution in [3.8, 4) is 0 Å². The highest BCUT2D eigenvalue weighted by Gasteiger charge is 2.23. The summed E-state index contributed by atoms with van der Waals surface area (Å²) in [6.07, 6.45) is 2.21. The Kier molecular flexibility index (Phi) is 6.31. The second-order valence-electron chi connectivity index (χ2n) is 3.37. The zero-order chi connectivity index (χ0) is 11.1. The third-order valence-corrected chi connectivity index (χ3v) is 5.96. The molecule has 0 fully saturated rings. The molecule has 1 rings (SSSR count). The van der Waals surface area contributed by atoms with Gasteiger partial charge in [-0.1, -0.05) is 54.4 Å². The molecule has 1 aromatic carbocycles. The first-order valence-electron chi connectivity index (χ1n) is 4.93. The fourth-order valence-electron chi connectivity index (χ4n) is 1.24. The lowest BCUT2D eigenvalue weighted by atomic mass is 10.4. The Morgan fingerprint density at radius 2 is 1.67 bits per heavy atom. The van der Waals surface area contributed by atoms with Gasteiger partial charge in [0.2, 0.25) is 0 Å². The van der Waals surface area contributed by atoms with Crippen molar-refractivity contribution in [3.05, 3.63) is 30.3 Å². The van der Waals surface area contributed by atoms with Gasteiger partial charge >= 0.3 is 6.00 Å². The Morgan fingerprint density at radius 3 is 2.27 bits per heavy atom. The van der Waals surface area contributed by atoms with Gasteiger partial charge < -0.3 is 0 Å². The first-order valence-corrected chi connectivity index (χ1v) is 11.4. The fourth-order valence-corrected chi connectivity index (χ4v) is 4.24. The van der Waals surface area contributed by atoms with Crippen LogP contribution in [0.3, 0.4) is 0 Å². The largest absolute Gasteiger partial charge is 0.341 e. The van der Waals surface area contributed by atoms with E-state index in [1.807, 2.05) is 6.07 Å². The Hall–Kier alpha value is 0.524. The van der Waals surface area contributed by atoms with Gasteiger partial charge in [-0.3, -0.25) is 0 Å². The predicted octanol–water partition coefficient (Wildman–Crippen LogP) is 3.87. The highest BCUT2D eigenvalue weighted by molar-refractivity contribution is 7.64. The molecule has 82 valence electrons. The van der Waals surface area contributed by atoms with Gasteiger partial charge in [0.1, 0.15) is 0 Å². The summed E-state index contributed by atoms with van der Waals surface area (Å²) in [4.78, 5) is 0. The molecular formula is C10H13Cl3Si2. The van der Waals surface area contributed by atoms with E-state index in [0.29, 0.717) is 0 Å². The molecule has 0 saturated carbocycles. The molecule has 1 aromatic rings. The highest BCUT2D eigenvalue weighted by atomic mass is 35.8. The van der Waals surface area contributed by atoms with Crippen LogP contribution in [0, 0.1) is 0 Å². The van der Waals surface area contributed by atoms with Crippen molar-refractivity contribution in [3.63, 3.8) is 0 Å². The van der Waals surface area contributed by atoms with E-state index < -0.39 is 6.00 Å². The molecule has 0 aromatic heterocycles. The maximum atomic E-state index is 5.80. The quantitative estimate of drug-likeness (QED) is 0.424. The number of hydrogen-bond acceptors (Lipinski definition) is 0. The van der Waals surface area contributed by atoms with Crippen molar-refractivity contribution >= 4 is 53.9 Å². The van der Waals surface area contributed by atoms with Crippen LogP contribution in [0.25, 0.3) is 0 Å². The van der Waals surface area contributed by atoms with Gasteiger partial charge in [0, 0.05) is 0 Å². The summed E-state index contributed by atoms with van der Waals surface area (Å²) >= 11 is 17.4. The Bertz CT molecular complexity index is 272. The van der Waals surface area contributed by atoms with Crippen LogP contribution in [-0.4, -0.2) is 15.5 Å². The lowest BCUT2D eigenvalue weighted by Gasteiger charge is -2.06. The van der Waals surface area contributed by atoms with Crippen LogP contribution in [0.4, 0.5) is 0 Å². The lowest BCUT2D eigenvalue weighted by molar-refractivity contribution is 0.875. The van der Waals surface area contributed by atoms with Gasteiger partial charge in [0.25, 0.3) is 0 Å². The monoisotopic (exact) mass is 294 g/mol. The molecule has 0 atom stereocenters. The Morgan fingerprint density at radius 1 is 1.00 bits per heavy atom. The summed E-state index contributed by atoms with van der Waals surface area (Å²) in [7, 11) is 0.884. The molecule has 0 spiro atoms. The fraction of sp³-hybridized carbons (Fsp3) is 0.400. The van der Waals surface area contributed by atoms with Crippen molar-refractivity contribution in [1.29, 1.82) is 0 Å². The van der Waals surface area contributed by atoms with E-state index in [0.717, 1.165) is 28.4 Å². The first-order chi connectivity index (χ1) is 7.08. The van der Waals surface area contributed by atoms with Crippen molar-refractivity contribution in [2.24, 2.45) is 0 Å². The van der Waals surface area contributed by atoms with E-state index in [4.69, 9.17) is 33.2 Å². The molecule has 0 unspecified atom stereocenters. The molecule has 5 heteroatoms. The average molecular weight is 296 g/mol. The minimum Gasteiger partial charge on any atom is -0.126 e. The average Bonchev–Trinajstić information content (AvgIpc) is 2.17. The third-order valence-electron chi connectivity index (χ3n) is 1.99. The smallest absolute Gasteiger partial charge is 0.126 e. The topological polar surface area (TPSA) is 0 Å². The van der Waals surface area contributed by atoms with Crippen LogP contribution in [0.1, 0.15) is 12.8 Å². The number of benzene rings is 1. The summed E-state index contributed by atoms with van der Waals surface area (Å²) in [6, 6.07) is 10.2. The molecule has 0 aliphatic rings. The number of rotatable bonds is 6. The van der Waals surface area contributed by atoms with E-state index in [9.17, 15) is 0 Å². The van der Waals surface area contributed by atoms with Crippen LogP contribution in [0.15, 0.2) is 30.3 Å². The minimum atomic E-state index is -2.37. The van der Waals surface area contributed by atoms with E-state index >= 15 is 0 Å². The van der Waals surface area contributed by atoms with Crippen LogP contribution in [0.2, 0.25) is 12.1 Å². The predicted molar refractivity (Wildman–Crippen MR) is 74.0 cm³/mol. The normalized spacial score (nSPS) is 11.7. The lowest BCUT2D eigenvalue weighted by Crippen LogP contribution is -2.13. The minimum absolute atomic E-state index is 0.789. The molecule has 0 saturated heterocycles. The Labute approximate surface area is 109 Å². The molecule has 0 heterocycles. The van der Waals surface area contributed by atoms with Crippen LogP contribution < -0.4 is 5.19 Å². The highest BCUT2D eigenvalue weighted by Crippen LogP contribution is 2.27. The number of hydrogen-bond donors (Lipinski definition) is 0. The van der Waals surface area contributed by atoms with Gasteiger partial charge in [0.15, 0.2) is 0 Å². The van der Waals surface area contributed by atoms with Crippen molar-refractivity contribution in [2.75, 3.05) is 0 Å². The van der Waals surface area contributed by atoms with Crippen molar-refractivity contribution < 1.29 is 0 Å². The molecular weight excluding hydrogens is 283 g/mol. The van der Waals surface area contributed by atoms with E-state index in [1.165, 1.54) is 11.2 Å². The summed E-state index contributed by atoms with van der Waals surface area (Å²) in [5, 5.41) is 1.42. The van der Waals surface area contributed by atoms with Crippen LogP contribution >= 0.6 is 33.2 Å². The SMILES string of the molecule is Cl[Si](Cl)(Cl)CCCC[Si]c1ccccc1. The molecule has 0 nitrogen and oxygen atoms in total. The van der Waals surface area contributed by atoms with Crippen molar-refractivity contribution in [1.82, 2.24) is 0 Å². The van der Waals surface area contributed by atoms with E-state index in [2.05, 4.69) is 24.3 Å². The maximum absolute atomic E-state index is 5.80. The van der Waals surface area contributed by atoms with Gasteiger partial charge in [-0.15, -0.1) is 33.2 Å². The molecule has 15 heavy (non-hydrogen) atoms. The van der Waals surface area contributed by atoms with Crippen LogP contribution in [0.5, 0.6) is 0 Å². The Balaban J connectivity index is 2.08. The molecule has 0 aliphatic carbocycles. The first kappa shape index (κ1) is 13.6. The molecule has 0 N–H and O–H groups in total. The van der Waals surface area contributed by atoms with Gasteiger partial charge in [0.05, 0.1) is 9.52 Å². The second kappa shape index (κ2) is 6.97. The third kappa shape index (κ3) is 7.42. The maximum Gasteiger partial charge on any atom is 0.341 e. The zero-order valence-electron chi connectivity index (χ0n) is 8.35. The van der Waals surface area contributed by atoms with Crippen molar-refractivity contribution in [2.45, 2.75) is 24.9 Å². The number of unbranched alkanes of at least 4 members (excludes halogenated alkanes) is 1. The van der Waals surface area contributed by atoms with E-state index in [1.54, 1.807) is 0 Å². The summed E-state index contributed by atoms with van der Waals surface area (Å²) < 4.78 is 0. The summed E-state index contributed by atoms with van der Waals surface area (Å²) in [6.45, 7) is 0. The molecule has 2 radical (unpaired) electrons. The summed E-state index contributed by atoms with van der Waals surface area (Å²) in [5.74, 6) is 0. The van der Waals surface area contributed by atoms with Gasteiger partial charge in [-0.2, -0.15) is 0 Å². The summed E-state index contributed by atoms with van der Waals surface area (Å²) in [5.41, 5.74) is 0. The van der Waals surface area contributed by atoms with Gasteiger partial charge in [-0.25, -0.2) is 0 Å². The van der Waals surface area contributed by atoms with Crippen LogP contribution in [-0.2, 0) is 0 Å². The van der Waals surface area contributed by atoms with Gasteiger partial charge in [-0.05, 0) is 6.04 Å². The molecule has 0 aliphatic heterocycles. The van der Waals surface area contributed by atoms with E-state index in [-0.39, 0.29) is 0 Å². The molecule has 0 amide bonds.